The Kier molecular flexibility index (Phi) is 9.22. The summed E-state index contributed by atoms with van der Waals surface area (Å²) in [5.41, 5.74) is 4.43. The van der Waals surface area contributed by atoms with E-state index in [-0.39, 0.29) is 17.3 Å². The van der Waals surface area contributed by atoms with Gasteiger partial charge in [0, 0.05) is 19.8 Å². The second kappa shape index (κ2) is 12.3. The number of halogens is 1. The van der Waals surface area contributed by atoms with Crippen molar-refractivity contribution in [3.05, 3.63) is 42.2 Å². The summed E-state index contributed by atoms with van der Waals surface area (Å²) in [7, 11) is 4.66. The molecule has 0 spiro atoms. The van der Waals surface area contributed by atoms with Gasteiger partial charge in [0.1, 0.15) is 18.2 Å². The van der Waals surface area contributed by atoms with Gasteiger partial charge in [-0.3, -0.25) is 13.9 Å². The number of fused-ring (bicyclic) bond motifs is 1. The topological polar surface area (TPSA) is 167 Å². The molecule has 0 saturated carbocycles. The summed E-state index contributed by atoms with van der Waals surface area (Å²) < 4.78 is 47.6. The van der Waals surface area contributed by atoms with E-state index in [1.807, 2.05) is 36.3 Å². The number of nitrogens with one attached hydrogen (secondary N) is 1. The van der Waals surface area contributed by atoms with E-state index in [0.717, 1.165) is 16.9 Å². The number of carbonyl (C=O) groups excluding carboxylic acids is 1. The van der Waals surface area contributed by atoms with E-state index in [1.54, 1.807) is 19.0 Å². The van der Waals surface area contributed by atoms with Crippen LogP contribution in [0.2, 0.25) is 0 Å². The number of benzene rings is 1. The molecule has 1 fully saturated rings. The average Bonchev–Trinajstić information content (AvgIpc) is 3.48. The largest absolute Gasteiger partial charge is 0.468 e. The smallest absolute Gasteiger partial charge is 0.327 e. The zero-order valence-corrected chi connectivity index (χ0v) is 24.5. The molecular formula is C25H31FN7O6PS. The highest BCUT2D eigenvalue weighted by Gasteiger charge is 2.58. The first-order valence-corrected chi connectivity index (χ1v) is 15.6. The van der Waals surface area contributed by atoms with Crippen molar-refractivity contribution in [1.29, 1.82) is 0 Å². The first-order chi connectivity index (χ1) is 19.4. The van der Waals surface area contributed by atoms with Gasteiger partial charge in [-0.05, 0) is 23.9 Å². The van der Waals surface area contributed by atoms with E-state index >= 15 is 4.39 Å². The molecule has 0 aliphatic carbocycles. The number of anilines is 2. The summed E-state index contributed by atoms with van der Waals surface area (Å²) in [6.45, 7) is -2.91. The fourth-order valence-corrected chi connectivity index (χ4v) is 7.92. The normalized spacial score (nSPS) is 24.5. The zero-order chi connectivity index (χ0) is 29.9. The molecule has 0 bridgehead atoms. The van der Waals surface area contributed by atoms with E-state index in [4.69, 9.17) is 26.2 Å². The fraction of sp³-hybridized carbons (Fsp3) is 0.440. The van der Waals surface area contributed by atoms with E-state index in [0.29, 0.717) is 11.3 Å². The number of methoxy groups -OCH3 is 1. The Bertz CT molecular complexity index is 1490. The van der Waals surface area contributed by atoms with Gasteiger partial charge < -0.3 is 29.7 Å². The van der Waals surface area contributed by atoms with Gasteiger partial charge >= 0.3 is 12.7 Å². The van der Waals surface area contributed by atoms with Gasteiger partial charge in [-0.25, -0.2) is 14.5 Å². The maximum absolute atomic E-state index is 16.2. The number of carbonyl (C=O) groups is 1. The SMILES string of the molecule is C#C[C@@]1(F)[C@H](O)[C@@H](COP(=O)(N[C@H](C)C(=O)OC)SCc2ccccc2)O[C@H]1n1cnc2c(N(C)C)nc(N)nc21. The highest BCUT2D eigenvalue weighted by molar-refractivity contribution is 8.55. The molecular weight excluding hydrogens is 576 g/mol. The number of terminal acetylenes is 1. The molecule has 220 valence electrons. The van der Waals surface area contributed by atoms with Gasteiger partial charge in [0.25, 0.3) is 0 Å². The number of ether oxygens (including phenoxy) is 2. The molecule has 16 heteroatoms. The first kappa shape index (κ1) is 30.7. The third-order valence-electron chi connectivity index (χ3n) is 6.32. The number of nitrogens with two attached hydrogens (primary N) is 1. The molecule has 13 nitrogen and oxygen atoms in total. The van der Waals surface area contributed by atoms with E-state index < -0.39 is 49.4 Å². The third kappa shape index (κ3) is 6.33. The molecule has 1 aromatic carbocycles. The highest BCUT2D eigenvalue weighted by Crippen LogP contribution is 2.58. The van der Waals surface area contributed by atoms with Crippen molar-refractivity contribution in [3.8, 4) is 12.3 Å². The molecule has 1 saturated heterocycles. The molecule has 2 aromatic heterocycles. The molecule has 3 aromatic rings. The lowest BCUT2D eigenvalue weighted by atomic mass is 9.97. The molecule has 4 rings (SSSR count). The van der Waals surface area contributed by atoms with Gasteiger partial charge in [-0.1, -0.05) is 36.3 Å². The molecule has 3 heterocycles. The maximum atomic E-state index is 16.2. The third-order valence-corrected chi connectivity index (χ3v) is 10.4. The number of rotatable bonds is 11. The number of nitrogen functional groups attached to an aromatic ring is 1. The number of aliphatic hydroxyl groups is 1. The van der Waals surface area contributed by atoms with Crippen LogP contribution in [0.25, 0.3) is 11.2 Å². The summed E-state index contributed by atoms with van der Waals surface area (Å²) in [6.07, 6.45) is 2.00. The first-order valence-electron chi connectivity index (χ1n) is 12.4. The fourth-order valence-electron chi connectivity index (χ4n) is 4.20. The quantitative estimate of drug-likeness (QED) is 0.165. The minimum absolute atomic E-state index is 0.0891. The molecule has 1 aliphatic heterocycles. The van der Waals surface area contributed by atoms with Gasteiger partial charge in [0.15, 0.2) is 23.2 Å². The molecule has 1 aliphatic rings. The van der Waals surface area contributed by atoms with Crippen molar-refractivity contribution >= 4 is 47.0 Å². The Hall–Kier alpha value is -3.25. The predicted molar refractivity (Wildman–Crippen MR) is 153 cm³/mol. The second-order valence-corrected chi connectivity index (χ2v) is 13.7. The van der Waals surface area contributed by atoms with E-state index in [9.17, 15) is 14.5 Å². The monoisotopic (exact) mass is 607 g/mol. The predicted octanol–water partition coefficient (Wildman–Crippen LogP) is 2.28. The summed E-state index contributed by atoms with van der Waals surface area (Å²) in [4.78, 5) is 26.3. The lowest BCUT2D eigenvalue weighted by Crippen LogP contribution is -2.42. The van der Waals surface area contributed by atoms with Crippen LogP contribution in [0.5, 0.6) is 0 Å². The van der Waals surface area contributed by atoms with Crippen molar-refractivity contribution in [3.63, 3.8) is 0 Å². The van der Waals surface area contributed by atoms with Crippen LogP contribution in [0.4, 0.5) is 16.2 Å². The number of nitrogens with zero attached hydrogens (tertiary/aromatic N) is 5. The number of imidazole rings is 1. The molecule has 4 N–H and O–H groups in total. The van der Waals surface area contributed by atoms with Gasteiger partial charge in [0.2, 0.25) is 11.6 Å². The van der Waals surface area contributed by atoms with Gasteiger partial charge in [-0.15, -0.1) is 6.42 Å². The van der Waals surface area contributed by atoms with Crippen molar-refractivity contribution in [2.24, 2.45) is 0 Å². The number of hydrogen-bond donors (Lipinski definition) is 3. The zero-order valence-electron chi connectivity index (χ0n) is 22.8. The van der Waals surface area contributed by atoms with Crippen molar-refractivity contribution in [2.75, 3.05) is 38.4 Å². The van der Waals surface area contributed by atoms with Gasteiger partial charge in [-0.2, -0.15) is 9.97 Å². The summed E-state index contributed by atoms with van der Waals surface area (Å²) in [5.74, 6) is 1.90. The molecule has 6 atom stereocenters. The van der Waals surface area contributed by atoms with Crippen molar-refractivity contribution in [1.82, 2.24) is 24.6 Å². The number of alkyl halides is 1. The Morgan fingerprint density at radius 1 is 1.41 bits per heavy atom. The van der Waals surface area contributed by atoms with E-state index in [2.05, 4.69) is 20.0 Å². The standard InChI is InChI=1S/C25H31FN7O6PS/c1-6-25(26)19(34)17(39-23(25)33-14-28-18-20(32(3)4)29-24(27)30-21(18)33)12-38-40(36,31-15(2)22(35)37-5)41-13-16-10-8-7-9-11-16/h1,7-11,14-15,17,19,23,34H,12-13H2,2-5H3,(H,31,36)(H2,27,29,30)/t15-,17-,19-,23-,25-,40?/m1/s1. The minimum Gasteiger partial charge on any atom is -0.468 e. The Labute approximate surface area is 240 Å². The van der Waals surface area contributed by atoms with Crippen molar-refractivity contribution < 1.29 is 32.9 Å². The van der Waals surface area contributed by atoms with Crippen LogP contribution in [0, 0.1) is 12.3 Å². The maximum Gasteiger partial charge on any atom is 0.327 e. The number of aromatic nitrogens is 4. The summed E-state index contributed by atoms with van der Waals surface area (Å²) in [5, 5.41) is 13.6. The van der Waals surface area contributed by atoms with Crippen LogP contribution >= 0.6 is 18.1 Å². The van der Waals surface area contributed by atoms with Gasteiger partial charge in [0.05, 0.1) is 20.0 Å². The lowest BCUT2D eigenvalue weighted by Gasteiger charge is -2.24. The molecule has 0 amide bonds. The second-order valence-electron chi connectivity index (χ2n) is 9.43. The summed E-state index contributed by atoms with van der Waals surface area (Å²) in [6, 6.07) is 8.19. The number of hydrogen-bond acceptors (Lipinski definition) is 12. The van der Waals surface area contributed by atoms with Crippen LogP contribution in [0.1, 0.15) is 18.7 Å². The molecule has 1 unspecified atom stereocenters. The van der Waals surface area contributed by atoms with E-state index in [1.165, 1.54) is 24.9 Å². The Morgan fingerprint density at radius 2 is 2.12 bits per heavy atom. The number of esters is 1. The van der Waals surface area contributed by atoms with Crippen molar-refractivity contribution in [2.45, 2.75) is 42.8 Å². The Morgan fingerprint density at radius 3 is 2.76 bits per heavy atom. The minimum atomic E-state index is -3.84. The van der Waals surface area contributed by atoms with Crippen LogP contribution < -0.4 is 15.7 Å². The highest BCUT2D eigenvalue weighted by atomic mass is 32.7. The number of aliphatic hydroxyl groups excluding tert-OH is 1. The lowest BCUT2D eigenvalue weighted by molar-refractivity contribution is -0.142. The molecule has 0 radical (unpaired) electrons. The van der Waals surface area contributed by atoms with Crippen LogP contribution in [0.15, 0.2) is 36.7 Å². The Balaban J connectivity index is 1.59. The van der Waals surface area contributed by atoms with Crippen LogP contribution in [0.3, 0.4) is 0 Å². The summed E-state index contributed by atoms with van der Waals surface area (Å²) >= 11 is 0.922. The molecule has 41 heavy (non-hydrogen) atoms. The average molecular weight is 608 g/mol. The van der Waals surface area contributed by atoms with Crippen LogP contribution in [-0.2, 0) is 29.1 Å². The van der Waals surface area contributed by atoms with Crippen LogP contribution in [-0.4, -0.2) is 82.3 Å².